The summed E-state index contributed by atoms with van der Waals surface area (Å²) in [6.45, 7) is 0. The van der Waals surface area contributed by atoms with Gasteiger partial charge in [0.1, 0.15) is 5.75 Å². The van der Waals surface area contributed by atoms with Crippen molar-refractivity contribution in [1.82, 2.24) is 9.97 Å². The Hall–Kier alpha value is -2.57. The van der Waals surface area contributed by atoms with Gasteiger partial charge in [-0.15, -0.1) is 0 Å². The quantitative estimate of drug-likeness (QED) is 0.602. The van der Waals surface area contributed by atoms with Crippen molar-refractivity contribution >= 4 is 5.69 Å². The van der Waals surface area contributed by atoms with E-state index in [4.69, 9.17) is 4.74 Å². The van der Waals surface area contributed by atoms with Crippen molar-refractivity contribution in [2.24, 2.45) is 0 Å². The molecule has 0 unspecified atom stereocenters. The molecule has 0 aliphatic heterocycles. The molecule has 0 aliphatic rings. The lowest BCUT2D eigenvalue weighted by Gasteiger charge is -2.02. The van der Waals surface area contributed by atoms with E-state index < -0.39 is 16.4 Å². The van der Waals surface area contributed by atoms with Crippen LogP contribution in [0.15, 0.2) is 36.7 Å². The minimum absolute atomic E-state index is 0.0356. The van der Waals surface area contributed by atoms with Crippen molar-refractivity contribution < 1.29 is 14.1 Å². The maximum atomic E-state index is 13.0. The third kappa shape index (κ3) is 2.51. The molecule has 1 heterocycles. The highest BCUT2D eigenvalue weighted by atomic mass is 19.1. The second-order valence-corrected chi connectivity index (χ2v) is 3.00. The predicted molar refractivity (Wildman–Crippen MR) is 55.2 cm³/mol. The van der Waals surface area contributed by atoms with E-state index in [0.29, 0.717) is 0 Å². The fraction of sp³-hybridized carbons (Fsp3) is 0. The van der Waals surface area contributed by atoms with Crippen molar-refractivity contribution in [1.29, 1.82) is 0 Å². The van der Waals surface area contributed by atoms with Crippen LogP contribution in [0.5, 0.6) is 11.8 Å². The molecule has 1 aromatic carbocycles. The van der Waals surface area contributed by atoms with Crippen molar-refractivity contribution in [3.63, 3.8) is 0 Å². The number of halogens is 1. The molecule has 0 saturated heterocycles. The first-order chi connectivity index (χ1) is 8.16. The van der Waals surface area contributed by atoms with Gasteiger partial charge in [-0.2, -0.15) is 4.39 Å². The minimum Gasteiger partial charge on any atom is -0.424 e. The van der Waals surface area contributed by atoms with Gasteiger partial charge in [0.25, 0.3) is 0 Å². The highest BCUT2D eigenvalue weighted by Crippen LogP contribution is 2.25. The standard InChI is InChI=1S/C10H6FN3O3/c11-8-3-2-7(6-9(8)14(15)16)17-10-12-4-1-5-13-10/h1-6H. The number of ether oxygens (including phenoxy) is 1. The highest BCUT2D eigenvalue weighted by Gasteiger charge is 2.15. The zero-order valence-corrected chi connectivity index (χ0v) is 8.41. The first-order valence-corrected chi connectivity index (χ1v) is 4.55. The van der Waals surface area contributed by atoms with Gasteiger partial charge >= 0.3 is 11.7 Å². The van der Waals surface area contributed by atoms with E-state index in [1.54, 1.807) is 6.07 Å². The van der Waals surface area contributed by atoms with Gasteiger partial charge in [0.15, 0.2) is 0 Å². The SMILES string of the molecule is O=[N+]([O-])c1cc(Oc2ncccn2)ccc1F. The molecular formula is C10H6FN3O3. The van der Waals surface area contributed by atoms with Gasteiger partial charge in [0, 0.05) is 12.4 Å². The highest BCUT2D eigenvalue weighted by molar-refractivity contribution is 5.40. The van der Waals surface area contributed by atoms with Gasteiger partial charge in [0.2, 0.25) is 5.82 Å². The van der Waals surface area contributed by atoms with Crippen LogP contribution in [0.4, 0.5) is 10.1 Å². The predicted octanol–water partition coefficient (Wildman–Crippen LogP) is 2.32. The fourth-order valence-corrected chi connectivity index (χ4v) is 1.14. The second-order valence-electron chi connectivity index (χ2n) is 3.00. The van der Waals surface area contributed by atoms with E-state index in [0.717, 1.165) is 12.1 Å². The van der Waals surface area contributed by atoms with Crippen LogP contribution in [-0.2, 0) is 0 Å². The van der Waals surface area contributed by atoms with Crippen LogP contribution in [0.25, 0.3) is 0 Å². The molecule has 0 aliphatic carbocycles. The number of hydrogen-bond donors (Lipinski definition) is 0. The van der Waals surface area contributed by atoms with E-state index in [-0.39, 0.29) is 11.8 Å². The van der Waals surface area contributed by atoms with Crippen molar-refractivity contribution in [3.8, 4) is 11.8 Å². The lowest BCUT2D eigenvalue weighted by Crippen LogP contribution is -1.95. The van der Waals surface area contributed by atoms with Crippen LogP contribution in [0.3, 0.4) is 0 Å². The Morgan fingerprint density at radius 2 is 2.00 bits per heavy atom. The Morgan fingerprint density at radius 3 is 2.65 bits per heavy atom. The smallest absolute Gasteiger partial charge is 0.321 e. The number of nitrogens with zero attached hydrogens (tertiary/aromatic N) is 3. The van der Waals surface area contributed by atoms with Crippen molar-refractivity contribution in [2.45, 2.75) is 0 Å². The number of hydrogen-bond acceptors (Lipinski definition) is 5. The summed E-state index contributed by atoms with van der Waals surface area (Å²) in [5, 5.41) is 10.5. The fourth-order valence-electron chi connectivity index (χ4n) is 1.14. The Kier molecular flexibility index (Phi) is 2.91. The summed E-state index contributed by atoms with van der Waals surface area (Å²) < 4.78 is 18.2. The normalized spacial score (nSPS) is 9.94. The number of nitro benzene ring substituents is 1. The molecule has 0 atom stereocenters. The van der Waals surface area contributed by atoms with E-state index in [1.807, 2.05) is 0 Å². The van der Waals surface area contributed by atoms with Gasteiger partial charge in [-0.3, -0.25) is 10.1 Å². The Balaban J connectivity index is 2.29. The molecule has 7 heteroatoms. The summed E-state index contributed by atoms with van der Waals surface area (Å²) in [5.74, 6) is -0.819. The molecule has 17 heavy (non-hydrogen) atoms. The van der Waals surface area contributed by atoms with Crippen LogP contribution in [-0.4, -0.2) is 14.9 Å². The van der Waals surface area contributed by atoms with Crippen LogP contribution in [0.2, 0.25) is 0 Å². The zero-order valence-electron chi connectivity index (χ0n) is 8.41. The van der Waals surface area contributed by atoms with Gasteiger partial charge < -0.3 is 4.74 Å². The molecule has 6 nitrogen and oxygen atoms in total. The molecule has 0 radical (unpaired) electrons. The summed E-state index contributed by atoms with van der Waals surface area (Å²) in [6, 6.07) is 4.83. The molecule has 2 rings (SSSR count). The Morgan fingerprint density at radius 1 is 1.29 bits per heavy atom. The van der Waals surface area contributed by atoms with Crippen LogP contribution in [0.1, 0.15) is 0 Å². The average Bonchev–Trinajstić information content (AvgIpc) is 2.32. The third-order valence-corrected chi connectivity index (χ3v) is 1.87. The van der Waals surface area contributed by atoms with Gasteiger partial charge in [-0.25, -0.2) is 9.97 Å². The van der Waals surface area contributed by atoms with Gasteiger partial charge in [0.05, 0.1) is 11.0 Å². The van der Waals surface area contributed by atoms with Gasteiger partial charge in [-0.1, -0.05) is 0 Å². The van der Waals surface area contributed by atoms with E-state index in [9.17, 15) is 14.5 Å². The summed E-state index contributed by atoms with van der Waals surface area (Å²) in [6.07, 6.45) is 2.92. The Labute approximate surface area is 94.9 Å². The number of nitro groups is 1. The molecule has 1 aromatic heterocycles. The molecule has 86 valence electrons. The molecule has 2 aromatic rings. The monoisotopic (exact) mass is 235 g/mol. The summed E-state index contributed by atoms with van der Waals surface area (Å²) in [5.41, 5.74) is -0.654. The molecule has 0 fully saturated rings. The third-order valence-electron chi connectivity index (χ3n) is 1.87. The molecule has 0 saturated carbocycles. The summed E-state index contributed by atoms with van der Waals surface area (Å²) >= 11 is 0. The number of rotatable bonds is 3. The van der Waals surface area contributed by atoms with Crippen LogP contribution >= 0.6 is 0 Å². The number of aromatic nitrogens is 2. The topological polar surface area (TPSA) is 78.2 Å². The van der Waals surface area contributed by atoms with Crippen molar-refractivity contribution in [3.05, 3.63) is 52.6 Å². The molecule has 0 bridgehead atoms. The number of benzene rings is 1. The van der Waals surface area contributed by atoms with Gasteiger partial charge in [-0.05, 0) is 18.2 Å². The summed E-state index contributed by atoms with van der Waals surface area (Å²) in [7, 11) is 0. The van der Waals surface area contributed by atoms with E-state index >= 15 is 0 Å². The zero-order chi connectivity index (χ0) is 12.3. The van der Waals surface area contributed by atoms with Crippen LogP contribution in [0, 0.1) is 15.9 Å². The first kappa shape index (κ1) is 10.9. The van der Waals surface area contributed by atoms with Crippen molar-refractivity contribution in [2.75, 3.05) is 0 Å². The van der Waals surface area contributed by atoms with Crippen LogP contribution < -0.4 is 4.74 Å². The average molecular weight is 235 g/mol. The van der Waals surface area contributed by atoms with E-state index in [1.165, 1.54) is 18.5 Å². The molecule has 0 spiro atoms. The summed E-state index contributed by atoms with van der Waals surface area (Å²) in [4.78, 5) is 17.2. The lowest BCUT2D eigenvalue weighted by molar-refractivity contribution is -0.387. The Bertz CT molecular complexity index is 548. The van der Waals surface area contributed by atoms with E-state index in [2.05, 4.69) is 9.97 Å². The molecule has 0 amide bonds. The molecule has 0 N–H and O–H groups in total. The molecular weight excluding hydrogens is 229 g/mol. The first-order valence-electron chi connectivity index (χ1n) is 4.55. The second kappa shape index (κ2) is 4.52. The minimum atomic E-state index is -0.920. The largest absolute Gasteiger partial charge is 0.424 e. The lowest BCUT2D eigenvalue weighted by atomic mass is 10.3. The maximum Gasteiger partial charge on any atom is 0.321 e. The maximum absolute atomic E-state index is 13.0.